The van der Waals surface area contributed by atoms with Gasteiger partial charge in [-0.25, -0.2) is 9.67 Å². The second-order valence-corrected chi connectivity index (χ2v) is 9.22. The molecular formula is C24H19ClF3N5O2. The summed E-state index contributed by atoms with van der Waals surface area (Å²) in [5.74, 6) is -1.09. The zero-order chi connectivity index (χ0) is 25.5. The Morgan fingerprint density at radius 3 is 2.57 bits per heavy atom. The van der Waals surface area contributed by atoms with Crippen LogP contribution in [0.5, 0.6) is 11.5 Å². The van der Waals surface area contributed by atoms with Crippen LogP contribution in [0.15, 0.2) is 53.6 Å². The number of nitriles is 1. The fourth-order valence-electron chi connectivity index (χ4n) is 3.56. The van der Waals surface area contributed by atoms with Crippen molar-refractivity contribution in [2.45, 2.75) is 39.0 Å². The number of alkyl halides is 3. The standard InChI is InChI=1S/C24H19ClF3N5O2/c1-23(2,3)33-21-17(5-4-7-30-21)19(31-33)13-32-8-6-18(24(26,27)28)20(22(32)34)35-16-10-14(12-29)9-15(25)11-16/h4-11H,13H2,1-3H3. The summed E-state index contributed by atoms with van der Waals surface area (Å²) in [5.41, 5.74) is -1.55. The van der Waals surface area contributed by atoms with Gasteiger partial charge in [-0.1, -0.05) is 11.6 Å². The van der Waals surface area contributed by atoms with Gasteiger partial charge in [-0.2, -0.15) is 23.5 Å². The zero-order valence-corrected chi connectivity index (χ0v) is 19.6. The van der Waals surface area contributed by atoms with Gasteiger partial charge in [0.15, 0.2) is 5.65 Å². The van der Waals surface area contributed by atoms with Crippen LogP contribution in [-0.4, -0.2) is 19.3 Å². The Bertz CT molecular complexity index is 1530. The zero-order valence-electron chi connectivity index (χ0n) is 18.9. The van der Waals surface area contributed by atoms with Crippen LogP contribution in [0.2, 0.25) is 5.02 Å². The Hall–Kier alpha value is -3.84. The van der Waals surface area contributed by atoms with Gasteiger partial charge in [-0.3, -0.25) is 4.79 Å². The van der Waals surface area contributed by atoms with Gasteiger partial charge in [0.25, 0.3) is 5.56 Å². The summed E-state index contributed by atoms with van der Waals surface area (Å²) in [5, 5.41) is 14.5. The number of halogens is 4. The van der Waals surface area contributed by atoms with Gasteiger partial charge >= 0.3 is 6.18 Å². The van der Waals surface area contributed by atoms with Crippen molar-refractivity contribution in [3.63, 3.8) is 0 Å². The minimum Gasteiger partial charge on any atom is -0.451 e. The summed E-state index contributed by atoms with van der Waals surface area (Å²) in [6.07, 6.45) is -2.18. The molecule has 3 aromatic heterocycles. The van der Waals surface area contributed by atoms with Crippen molar-refractivity contribution in [2.75, 3.05) is 0 Å². The third-order valence-electron chi connectivity index (χ3n) is 5.12. The molecule has 35 heavy (non-hydrogen) atoms. The molecular weight excluding hydrogens is 483 g/mol. The van der Waals surface area contributed by atoms with Gasteiger partial charge in [-0.05, 0) is 57.2 Å². The first-order chi connectivity index (χ1) is 16.4. The van der Waals surface area contributed by atoms with E-state index in [9.17, 15) is 18.0 Å². The summed E-state index contributed by atoms with van der Waals surface area (Å²) in [4.78, 5) is 17.6. The fraction of sp³-hybridized carbons (Fsp3) is 0.250. The Balaban J connectivity index is 1.84. The van der Waals surface area contributed by atoms with Gasteiger partial charge in [0, 0.05) is 22.8 Å². The summed E-state index contributed by atoms with van der Waals surface area (Å²) in [6.45, 7) is 5.70. The molecule has 0 amide bonds. The number of hydrogen-bond donors (Lipinski definition) is 0. The highest BCUT2D eigenvalue weighted by molar-refractivity contribution is 6.30. The van der Waals surface area contributed by atoms with E-state index in [2.05, 4.69) is 10.1 Å². The van der Waals surface area contributed by atoms with Gasteiger partial charge < -0.3 is 9.30 Å². The molecule has 0 radical (unpaired) electrons. The Morgan fingerprint density at radius 2 is 1.91 bits per heavy atom. The molecule has 0 saturated heterocycles. The Labute approximate surface area is 203 Å². The summed E-state index contributed by atoms with van der Waals surface area (Å²) < 4.78 is 49.4. The molecule has 7 nitrogen and oxygen atoms in total. The molecule has 0 aliphatic carbocycles. The molecule has 0 saturated carbocycles. The third-order valence-corrected chi connectivity index (χ3v) is 5.34. The largest absolute Gasteiger partial charge is 0.451 e. The van der Waals surface area contributed by atoms with E-state index < -0.39 is 28.6 Å². The lowest BCUT2D eigenvalue weighted by molar-refractivity contribution is -0.138. The second-order valence-electron chi connectivity index (χ2n) is 8.78. The molecule has 0 unspecified atom stereocenters. The number of rotatable bonds is 4. The van der Waals surface area contributed by atoms with Crippen LogP contribution in [0.1, 0.15) is 37.6 Å². The molecule has 4 rings (SSSR count). The predicted octanol–water partition coefficient (Wildman–Crippen LogP) is 5.73. The van der Waals surface area contributed by atoms with Crippen molar-refractivity contribution in [3.05, 3.63) is 81.0 Å². The summed E-state index contributed by atoms with van der Waals surface area (Å²) in [6, 6.07) is 9.87. The maximum absolute atomic E-state index is 13.7. The van der Waals surface area contributed by atoms with Gasteiger partial charge in [0.1, 0.15) is 11.3 Å². The highest BCUT2D eigenvalue weighted by Crippen LogP contribution is 2.37. The van der Waals surface area contributed by atoms with Gasteiger partial charge in [0.05, 0.1) is 29.4 Å². The first-order valence-corrected chi connectivity index (χ1v) is 10.8. The summed E-state index contributed by atoms with van der Waals surface area (Å²) in [7, 11) is 0. The van der Waals surface area contributed by atoms with Gasteiger partial charge in [0.2, 0.25) is 5.75 Å². The van der Waals surface area contributed by atoms with Crippen LogP contribution in [0, 0.1) is 11.3 Å². The molecule has 180 valence electrons. The predicted molar refractivity (Wildman–Crippen MR) is 124 cm³/mol. The normalized spacial score (nSPS) is 12.1. The average molecular weight is 502 g/mol. The lowest BCUT2D eigenvalue weighted by atomic mass is 10.1. The lowest BCUT2D eigenvalue weighted by Gasteiger charge is -2.19. The molecule has 11 heteroatoms. The lowest BCUT2D eigenvalue weighted by Crippen LogP contribution is -2.26. The molecule has 0 aliphatic heterocycles. The van der Waals surface area contributed by atoms with Crippen LogP contribution in [0.4, 0.5) is 13.2 Å². The number of fused-ring (bicyclic) bond motifs is 1. The molecule has 0 fully saturated rings. The molecule has 0 spiro atoms. The number of benzene rings is 1. The quantitative estimate of drug-likeness (QED) is 0.356. The Morgan fingerprint density at radius 1 is 1.17 bits per heavy atom. The smallest absolute Gasteiger partial charge is 0.420 e. The van der Waals surface area contributed by atoms with Crippen LogP contribution in [0.25, 0.3) is 11.0 Å². The molecule has 4 aromatic rings. The van der Waals surface area contributed by atoms with Crippen molar-refractivity contribution in [1.29, 1.82) is 5.26 Å². The SMILES string of the molecule is CC(C)(C)n1nc(Cn2ccc(C(F)(F)F)c(Oc3cc(Cl)cc(C#N)c3)c2=O)c2cccnc21. The topological polar surface area (TPSA) is 85.7 Å². The third kappa shape index (κ3) is 4.86. The van der Waals surface area contributed by atoms with Crippen molar-refractivity contribution >= 4 is 22.6 Å². The van der Waals surface area contributed by atoms with Crippen molar-refractivity contribution in [1.82, 2.24) is 19.3 Å². The second kappa shape index (κ2) is 8.74. The molecule has 0 atom stereocenters. The number of pyridine rings is 2. The minimum atomic E-state index is -4.85. The molecule has 0 aliphatic rings. The highest BCUT2D eigenvalue weighted by Gasteiger charge is 2.37. The van der Waals surface area contributed by atoms with E-state index in [1.807, 2.05) is 26.8 Å². The van der Waals surface area contributed by atoms with Crippen molar-refractivity contribution in [3.8, 4) is 17.6 Å². The van der Waals surface area contributed by atoms with E-state index in [-0.39, 0.29) is 22.9 Å². The minimum absolute atomic E-state index is 0.0732. The molecule has 0 bridgehead atoms. The number of aromatic nitrogens is 4. The van der Waals surface area contributed by atoms with Crippen LogP contribution in [-0.2, 0) is 18.3 Å². The van der Waals surface area contributed by atoms with E-state index >= 15 is 0 Å². The highest BCUT2D eigenvalue weighted by atomic mass is 35.5. The number of nitrogens with zero attached hydrogens (tertiary/aromatic N) is 5. The number of hydrogen-bond acceptors (Lipinski definition) is 5. The molecule has 3 heterocycles. The van der Waals surface area contributed by atoms with E-state index in [0.717, 1.165) is 16.8 Å². The van der Waals surface area contributed by atoms with Crippen LogP contribution in [0.3, 0.4) is 0 Å². The summed E-state index contributed by atoms with van der Waals surface area (Å²) >= 11 is 5.94. The Kier molecular flexibility index (Phi) is 6.07. The maximum atomic E-state index is 13.7. The molecule has 0 N–H and O–H groups in total. The van der Waals surface area contributed by atoms with E-state index in [1.165, 1.54) is 18.2 Å². The fourth-order valence-corrected chi connectivity index (χ4v) is 3.79. The van der Waals surface area contributed by atoms with E-state index in [0.29, 0.717) is 16.7 Å². The van der Waals surface area contributed by atoms with Crippen LogP contribution >= 0.6 is 11.6 Å². The monoisotopic (exact) mass is 501 g/mol. The number of ether oxygens (including phenoxy) is 1. The first kappa shape index (κ1) is 24.3. The van der Waals surface area contributed by atoms with E-state index in [1.54, 1.807) is 23.0 Å². The average Bonchev–Trinajstić information content (AvgIpc) is 3.14. The first-order valence-electron chi connectivity index (χ1n) is 10.4. The van der Waals surface area contributed by atoms with Crippen LogP contribution < -0.4 is 10.3 Å². The van der Waals surface area contributed by atoms with Gasteiger partial charge in [-0.15, -0.1) is 0 Å². The molecule has 1 aromatic carbocycles. The van der Waals surface area contributed by atoms with Crippen molar-refractivity contribution < 1.29 is 17.9 Å². The maximum Gasteiger partial charge on any atom is 0.420 e. The van der Waals surface area contributed by atoms with Crippen molar-refractivity contribution in [2.24, 2.45) is 0 Å². The van der Waals surface area contributed by atoms with E-state index in [4.69, 9.17) is 21.6 Å².